The van der Waals surface area contributed by atoms with E-state index in [2.05, 4.69) is 167 Å². The summed E-state index contributed by atoms with van der Waals surface area (Å²) in [5, 5.41) is 2.54. The number of hydrogen-bond donors (Lipinski definition) is 0. The zero-order valence-corrected chi connectivity index (χ0v) is 24.7. The van der Waals surface area contributed by atoms with Crippen LogP contribution < -0.4 is 4.90 Å². The van der Waals surface area contributed by atoms with Gasteiger partial charge in [-0.1, -0.05) is 97.1 Å². The third-order valence-electron chi connectivity index (χ3n) is 8.83. The summed E-state index contributed by atoms with van der Waals surface area (Å²) in [6.45, 7) is 0. The van der Waals surface area contributed by atoms with Crippen LogP contribution in [0, 0.1) is 0 Å². The van der Waals surface area contributed by atoms with Crippen molar-refractivity contribution in [3.8, 4) is 16.8 Å². The summed E-state index contributed by atoms with van der Waals surface area (Å²) in [7, 11) is 0. The van der Waals surface area contributed by atoms with E-state index in [-0.39, 0.29) is 0 Å². The molecule has 0 saturated carbocycles. The van der Waals surface area contributed by atoms with Gasteiger partial charge in [-0.15, -0.1) is 0 Å². The van der Waals surface area contributed by atoms with Crippen LogP contribution in [0.15, 0.2) is 163 Å². The van der Waals surface area contributed by atoms with E-state index in [1.54, 1.807) is 0 Å². The molecule has 44 heavy (non-hydrogen) atoms. The van der Waals surface area contributed by atoms with E-state index < -0.39 is 0 Å². The van der Waals surface area contributed by atoms with Crippen molar-refractivity contribution in [1.82, 2.24) is 4.57 Å². The molecule has 0 unspecified atom stereocenters. The highest BCUT2D eigenvalue weighted by molar-refractivity contribution is 6.10. The molecule has 0 N–H and O–H groups in total. The lowest BCUT2D eigenvalue weighted by molar-refractivity contribution is 0.997. The molecular formula is C42H34N2. The number of rotatable bonds is 6. The smallest absolute Gasteiger partial charge is 0.0541 e. The van der Waals surface area contributed by atoms with E-state index in [9.17, 15) is 0 Å². The molecule has 1 aromatic heterocycles. The minimum atomic E-state index is 1.06. The molecule has 0 saturated heterocycles. The van der Waals surface area contributed by atoms with Crippen molar-refractivity contribution in [2.45, 2.75) is 25.7 Å². The van der Waals surface area contributed by atoms with Crippen LogP contribution in [0.5, 0.6) is 0 Å². The van der Waals surface area contributed by atoms with E-state index in [4.69, 9.17) is 0 Å². The van der Waals surface area contributed by atoms with Crippen molar-refractivity contribution in [2.75, 3.05) is 4.90 Å². The lowest BCUT2D eigenvalue weighted by Gasteiger charge is -2.28. The Kier molecular flexibility index (Phi) is 6.81. The fraction of sp³-hybridized carbons (Fsp3) is 0.0952. The third-order valence-corrected chi connectivity index (χ3v) is 8.83. The quantitative estimate of drug-likeness (QED) is 0.195. The number of fused-ring (bicyclic) bond motifs is 3. The number of hydrogen-bond acceptors (Lipinski definition) is 1. The number of allylic oxidation sites excluding steroid dienone is 7. The predicted octanol–water partition coefficient (Wildman–Crippen LogP) is 11.6. The molecule has 6 aromatic rings. The van der Waals surface area contributed by atoms with Gasteiger partial charge in [-0.05, 0) is 109 Å². The van der Waals surface area contributed by atoms with Gasteiger partial charge >= 0.3 is 0 Å². The minimum absolute atomic E-state index is 1.06. The van der Waals surface area contributed by atoms with Crippen LogP contribution in [-0.2, 0) is 0 Å². The van der Waals surface area contributed by atoms with E-state index in [1.165, 1.54) is 61.1 Å². The van der Waals surface area contributed by atoms with Crippen molar-refractivity contribution in [1.29, 1.82) is 0 Å². The maximum Gasteiger partial charge on any atom is 0.0541 e. The fourth-order valence-electron chi connectivity index (χ4n) is 6.65. The van der Waals surface area contributed by atoms with Gasteiger partial charge < -0.3 is 9.47 Å². The standard InChI is InChI=1S/C42H34N2/c1-4-12-31(13-5-1)32-20-25-37(26-21-32)43(35-14-6-2-7-15-35)38-27-22-33(23-28-38)34-24-29-42-40(30-34)39-18-10-11-19-41(39)44(42)36-16-8-3-9-17-36/h3-4,6,8-30H,1-2,5,7H2. The first-order valence-corrected chi connectivity index (χ1v) is 15.7. The van der Waals surface area contributed by atoms with Crippen LogP contribution in [0.3, 0.4) is 0 Å². The second-order valence-electron chi connectivity index (χ2n) is 11.6. The third kappa shape index (κ3) is 4.79. The molecule has 2 aliphatic carbocycles. The molecule has 212 valence electrons. The maximum atomic E-state index is 2.38. The van der Waals surface area contributed by atoms with Gasteiger partial charge in [-0.2, -0.15) is 0 Å². The summed E-state index contributed by atoms with van der Waals surface area (Å²) >= 11 is 0. The van der Waals surface area contributed by atoms with Gasteiger partial charge in [0, 0.05) is 33.5 Å². The second-order valence-corrected chi connectivity index (χ2v) is 11.6. The van der Waals surface area contributed by atoms with E-state index in [0.717, 1.165) is 31.4 Å². The van der Waals surface area contributed by atoms with Crippen molar-refractivity contribution in [2.24, 2.45) is 0 Å². The molecule has 0 fully saturated rings. The molecule has 0 amide bonds. The molecule has 0 atom stereocenters. The van der Waals surface area contributed by atoms with Gasteiger partial charge in [0.1, 0.15) is 0 Å². The molecule has 2 aliphatic rings. The van der Waals surface area contributed by atoms with Gasteiger partial charge in [0.05, 0.1) is 11.0 Å². The lowest BCUT2D eigenvalue weighted by atomic mass is 9.99. The summed E-state index contributed by atoms with van der Waals surface area (Å²) in [5.41, 5.74) is 12.2. The predicted molar refractivity (Wildman–Crippen MR) is 188 cm³/mol. The molecule has 2 heteroatoms. The zero-order valence-electron chi connectivity index (χ0n) is 24.7. The molecule has 1 heterocycles. The Morgan fingerprint density at radius 3 is 1.82 bits per heavy atom. The molecule has 5 aromatic carbocycles. The highest BCUT2D eigenvalue weighted by Gasteiger charge is 2.16. The Hall–Kier alpha value is -5.34. The Morgan fingerprint density at radius 2 is 1.11 bits per heavy atom. The molecule has 0 spiro atoms. The first-order chi connectivity index (χ1) is 21.8. The van der Waals surface area contributed by atoms with E-state index in [1.807, 2.05) is 0 Å². The van der Waals surface area contributed by atoms with Crippen LogP contribution in [-0.4, -0.2) is 4.57 Å². The summed E-state index contributed by atoms with van der Waals surface area (Å²) in [5.74, 6) is 0. The average molecular weight is 567 g/mol. The van der Waals surface area contributed by atoms with Crippen molar-refractivity contribution in [3.63, 3.8) is 0 Å². The normalized spacial score (nSPS) is 14.5. The van der Waals surface area contributed by atoms with Gasteiger partial charge in [-0.3, -0.25) is 0 Å². The number of para-hydroxylation sites is 2. The van der Waals surface area contributed by atoms with Gasteiger partial charge in [0.25, 0.3) is 0 Å². The highest BCUT2D eigenvalue weighted by Crippen LogP contribution is 2.37. The number of nitrogens with zero attached hydrogens (tertiary/aromatic N) is 2. The molecular weight excluding hydrogens is 532 g/mol. The largest absolute Gasteiger partial charge is 0.311 e. The molecule has 0 radical (unpaired) electrons. The molecule has 8 rings (SSSR count). The Bertz CT molecular complexity index is 2090. The van der Waals surface area contributed by atoms with Gasteiger partial charge in [0.2, 0.25) is 0 Å². The van der Waals surface area contributed by atoms with Crippen LogP contribution in [0.1, 0.15) is 31.2 Å². The lowest BCUT2D eigenvalue weighted by Crippen LogP contribution is -2.16. The first kappa shape index (κ1) is 26.3. The zero-order chi connectivity index (χ0) is 29.3. The Balaban J connectivity index is 1.16. The van der Waals surface area contributed by atoms with Crippen molar-refractivity contribution < 1.29 is 0 Å². The van der Waals surface area contributed by atoms with E-state index in [0.29, 0.717) is 0 Å². The summed E-state index contributed by atoms with van der Waals surface area (Å²) in [6, 6.07) is 44.3. The topological polar surface area (TPSA) is 8.17 Å². The number of benzene rings is 5. The second kappa shape index (κ2) is 11.4. The summed E-state index contributed by atoms with van der Waals surface area (Å²) in [4.78, 5) is 2.38. The van der Waals surface area contributed by atoms with Crippen molar-refractivity contribution >= 4 is 38.8 Å². The molecule has 2 nitrogen and oxygen atoms in total. The van der Waals surface area contributed by atoms with Crippen LogP contribution >= 0.6 is 0 Å². The number of aromatic nitrogens is 1. The SMILES string of the molecule is C1=CC(c2ccc(N(C3=CCCC=C3)c3ccc(-c4ccc5c(c4)c4ccccc4n5-c4ccccc4)cc3)cc2)=CCC1. The molecule has 0 aliphatic heterocycles. The average Bonchev–Trinajstić information content (AvgIpc) is 3.44. The van der Waals surface area contributed by atoms with Gasteiger partial charge in [0.15, 0.2) is 0 Å². The number of anilines is 2. The highest BCUT2D eigenvalue weighted by atomic mass is 15.1. The maximum absolute atomic E-state index is 2.38. The van der Waals surface area contributed by atoms with Crippen LogP contribution in [0.25, 0.3) is 44.2 Å². The monoisotopic (exact) mass is 566 g/mol. The Labute approximate surface area is 259 Å². The fourth-order valence-corrected chi connectivity index (χ4v) is 6.65. The first-order valence-electron chi connectivity index (χ1n) is 15.7. The van der Waals surface area contributed by atoms with Crippen molar-refractivity contribution in [3.05, 3.63) is 169 Å². The Morgan fingerprint density at radius 1 is 0.477 bits per heavy atom. The van der Waals surface area contributed by atoms with Crippen LogP contribution in [0.2, 0.25) is 0 Å². The summed E-state index contributed by atoms with van der Waals surface area (Å²) in [6.07, 6.45) is 18.2. The minimum Gasteiger partial charge on any atom is -0.311 e. The summed E-state index contributed by atoms with van der Waals surface area (Å²) < 4.78 is 2.37. The molecule has 0 bridgehead atoms. The van der Waals surface area contributed by atoms with Crippen LogP contribution in [0.4, 0.5) is 11.4 Å². The van der Waals surface area contributed by atoms with E-state index >= 15 is 0 Å². The van der Waals surface area contributed by atoms with Gasteiger partial charge in [-0.25, -0.2) is 0 Å².